The molecule has 1 fully saturated rings. The summed E-state index contributed by atoms with van der Waals surface area (Å²) in [6.45, 7) is 6.03. The van der Waals surface area contributed by atoms with Crippen molar-refractivity contribution in [3.8, 4) is 17.1 Å². The topological polar surface area (TPSA) is 85.2 Å². The molecule has 7 nitrogen and oxygen atoms in total. The van der Waals surface area contributed by atoms with E-state index in [1.54, 1.807) is 4.90 Å². The minimum absolute atomic E-state index is 0.0266. The van der Waals surface area contributed by atoms with E-state index >= 15 is 0 Å². The quantitative estimate of drug-likeness (QED) is 0.434. The molecule has 1 aliphatic heterocycles. The van der Waals surface area contributed by atoms with Crippen LogP contribution < -0.4 is 0 Å². The SMILES string of the molecule is CC[C@@H](C)N(C(=O)CSc1nnc(-c2cccc(C)c2)n1-c1ccccc1)[C@H]1CCS(=O)(=O)C1. The van der Waals surface area contributed by atoms with Gasteiger partial charge in [0.05, 0.1) is 17.3 Å². The summed E-state index contributed by atoms with van der Waals surface area (Å²) in [6, 6.07) is 17.7. The standard InChI is InChI=1S/C25H30N4O3S2/c1-4-19(3)28(22-13-14-34(31,32)17-22)23(30)16-33-25-27-26-24(20-10-8-9-18(2)15-20)29(25)21-11-6-5-7-12-21/h5-12,15,19,22H,4,13-14,16-17H2,1-3H3/t19-,22+/m1/s1. The highest BCUT2D eigenvalue weighted by Crippen LogP contribution is 2.29. The number of carbonyl (C=O) groups excluding carboxylic acids is 1. The van der Waals surface area contributed by atoms with Gasteiger partial charge < -0.3 is 4.90 Å². The minimum Gasteiger partial charge on any atom is -0.335 e. The Labute approximate surface area is 205 Å². The predicted molar refractivity (Wildman–Crippen MR) is 136 cm³/mol. The van der Waals surface area contributed by atoms with Crippen LogP contribution in [0.4, 0.5) is 0 Å². The van der Waals surface area contributed by atoms with Crippen LogP contribution in [0.25, 0.3) is 17.1 Å². The van der Waals surface area contributed by atoms with E-state index < -0.39 is 9.84 Å². The van der Waals surface area contributed by atoms with Gasteiger partial charge in [-0.15, -0.1) is 10.2 Å². The van der Waals surface area contributed by atoms with Gasteiger partial charge in [0.2, 0.25) is 5.91 Å². The Hall–Kier alpha value is -2.65. The highest BCUT2D eigenvalue weighted by molar-refractivity contribution is 7.99. The van der Waals surface area contributed by atoms with Crippen molar-refractivity contribution >= 4 is 27.5 Å². The minimum atomic E-state index is -3.08. The maximum atomic E-state index is 13.3. The van der Waals surface area contributed by atoms with Gasteiger partial charge in [-0.2, -0.15) is 0 Å². The number of amides is 1. The maximum absolute atomic E-state index is 13.3. The molecular weight excluding hydrogens is 468 g/mol. The van der Waals surface area contributed by atoms with E-state index in [4.69, 9.17) is 0 Å². The van der Waals surface area contributed by atoms with Crippen LogP contribution in [0.3, 0.4) is 0 Å². The van der Waals surface area contributed by atoms with Crippen LogP contribution in [0.1, 0.15) is 32.3 Å². The first-order valence-corrected chi connectivity index (χ1v) is 14.3. The molecule has 0 saturated carbocycles. The van der Waals surface area contributed by atoms with Crippen molar-refractivity contribution in [2.75, 3.05) is 17.3 Å². The molecule has 1 amide bonds. The molecule has 0 unspecified atom stereocenters. The smallest absolute Gasteiger partial charge is 0.233 e. The van der Waals surface area contributed by atoms with Gasteiger partial charge >= 0.3 is 0 Å². The number of benzene rings is 2. The number of para-hydroxylation sites is 1. The molecule has 3 aromatic rings. The van der Waals surface area contributed by atoms with Gasteiger partial charge in [-0.3, -0.25) is 9.36 Å². The molecule has 0 aliphatic carbocycles. The van der Waals surface area contributed by atoms with Gasteiger partial charge in [-0.25, -0.2) is 8.42 Å². The van der Waals surface area contributed by atoms with Crippen LogP contribution in [0.15, 0.2) is 59.8 Å². The number of hydrogen-bond acceptors (Lipinski definition) is 6. The first-order valence-electron chi connectivity index (χ1n) is 11.5. The predicted octanol–water partition coefficient (Wildman–Crippen LogP) is 4.15. The molecule has 0 radical (unpaired) electrons. The molecular formula is C25H30N4O3S2. The van der Waals surface area contributed by atoms with Crippen molar-refractivity contribution in [1.82, 2.24) is 19.7 Å². The first kappa shape index (κ1) is 24.5. The second kappa shape index (κ2) is 10.3. The van der Waals surface area contributed by atoms with Crippen molar-refractivity contribution in [2.45, 2.75) is 50.9 Å². The van der Waals surface area contributed by atoms with Crippen molar-refractivity contribution in [3.05, 3.63) is 60.2 Å². The molecule has 2 atom stereocenters. The van der Waals surface area contributed by atoms with Crippen molar-refractivity contribution in [3.63, 3.8) is 0 Å². The van der Waals surface area contributed by atoms with E-state index in [-0.39, 0.29) is 35.2 Å². The fraction of sp³-hybridized carbons (Fsp3) is 0.400. The molecule has 1 aromatic heterocycles. The summed E-state index contributed by atoms with van der Waals surface area (Å²) in [4.78, 5) is 15.1. The zero-order chi connectivity index (χ0) is 24.3. The Balaban J connectivity index is 1.62. The second-order valence-electron chi connectivity index (χ2n) is 8.75. The lowest BCUT2D eigenvalue weighted by atomic mass is 10.1. The molecule has 0 spiro atoms. The zero-order valence-electron chi connectivity index (χ0n) is 19.7. The molecule has 2 heterocycles. The third kappa shape index (κ3) is 5.36. The molecule has 180 valence electrons. The Kier molecular flexibility index (Phi) is 7.42. The van der Waals surface area contributed by atoms with Crippen molar-refractivity contribution in [1.29, 1.82) is 0 Å². The Morgan fingerprint density at radius 3 is 2.59 bits per heavy atom. The van der Waals surface area contributed by atoms with Gasteiger partial charge in [-0.1, -0.05) is 60.6 Å². The summed E-state index contributed by atoms with van der Waals surface area (Å²) in [7, 11) is -3.08. The summed E-state index contributed by atoms with van der Waals surface area (Å²) in [5, 5.41) is 9.51. The number of sulfone groups is 1. The Bertz CT molecular complexity index is 1260. The normalized spacial score (nSPS) is 18.0. The number of nitrogens with zero attached hydrogens (tertiary/aromatic N) is 4. The molecule has 1 saturated heterocycles. The van der Waals surface area contributed by atoms with Crippen LogP contribution in [0.5, 0.6) is 0 Å². The van der Waals surface area contributed by atoms with Crippen molar-refractivity contribution in [2.24, 2.45) is 0 Å². The van der Waals surface area contributed by atoms with Gasteiger partial charge in [-0.05, 0) is 44.9 Å². The van der Waals surface area contributed by atoms with E-state index in [0.717, 1.165) is 23.2 Å². The van der Waals surface area contributed by atoms with Crippen LogP contribution in [-0.2, 0) is 14.6 Å². The monoisotopic (exact) mass is 498 g/mol. The lowest BCUT2D eigenvalue weighted by molar-refractivity contribution is -0.132. The number of aromatic nitrogens is 3. The molecule has 0 N–H and O–H groups in total. The van der Waals surface area contributed by atoms with E-state index in [9.17, 15) is 13.2 Å². The van der Waals surface area contributed by atoms with Gasteiger partial charge in [0.1, 0.15) is 0 Å². The lowest BCUT2D eigenvalue weighted by Crippen LogP contribution is -2.47. The molecule has 2 aromatic carbocycles. The van der Waals surface area contributed by atoms with Crippen LogP contribution in [0, 0.1) is 6.92 Å². The highest BCUT2D eigenvalue weighted by atomic mass is 32.2. The molecule has 34 heavy (non-hydrogen) atoms. The zero-order valence-corrected chi connectivity index (χ0v) is 21.3. The average Bonchev–Trinajstić information content (AvgIpc) is 3.41. The number of rotatable bonds is 8. The third-order valence-electron chi connectivity index (χ3n) is 6.20. The molecule has 1 aliphatic rings. The van der Waals surface area contributed by atoms with Crippen LogP contribution >= 0.6 is 11.8 Å². The van der Waals surface area contributed by atoms with E-state index in [0.29, 0.717) is 17.4 Å². The van der Waals surface area contributed by atoms with Gasteiger partial charge in [0, 0.05) is 23.3 Å². The molecule has 4 rings (SSSR count). The fourth-order valence-corrected chi connectivity index (χ4v) is 6.88. The Morgan fingerprint density at radius 1 is 1.18 bits per heavy atom. The summed E-state index contributed by atoms with van der Waals surface area (Å²) >= 11 is 1.33. The highest BCUT2D eigenvalue weighted by Gasteiger charge is 2.36. The summed E-state index contributed by atoms with van der Waals surface area (Å²) < 4.78 is 26.1. The summed E-state index contributed by atoms with van der Waals surface area (Å²) in [5.74, 6) is 1.00. The average molecular weight is 499 g/mol. The molecule has 0 bridgehead atoms. The lowest BCUT2D eigenvalue weighted by Gasteiger charge is -2.33. The van der Waals surface area contributed by atoms with E-state index in [2.05, 4.69) is 16.3 Å². The first-order chi connectivity index (χ1) is 16.3. The maximum Gasteiger partial charge on any atom is 0.233 e. The number of carbonyl (C=O) groups is 1. The van der Waals surface area contributed by atoms with Gasteiger partial charge in [0.25, 0.3) is 0 Å². The molecule has 9 heteroatoms. The van der Waals surface area contributed by atoms with Crippen molar-refractivity contribution < 1.29 is 13.2 Å². The Morgan fingerprint density at radius 2 is 1.94 bits per heavy atom. The number of hydrogen-bond donors (Lipinski definition) is 0. The largest absolute Gasteiger partial charge is 0.335 e. The van der Waals surface area contributed by atoms with Crippen LogP contribution in [-0.4, -0.2) is 63.3 Å². The summed E-state index contributed by atoms with van der Waals surface area (Å²) in [6.07, 6.45) is 1.27. The fourth-order valence-electron chi connectivity index (χ4n) is 4.35. The number of aryl methyl sites for hydroxylation is 1. The van der Waals surface area contributed by atoms with Gasteiger partial charge in [0.15, 0.2) is 20.8 Å². The van der Waals surface area contributed by atoms with E-state index in [1.165, 1.54) is 11.8 Å². The number of thioether (sulfide) groups is 1. The third-order valence-corrected chi connectivity index (χ3v) is 8.87. The van der Waals surface area contributed by atoms with E-state index in [1.807, 2.05) is 73.9 Å². The van der Waals surface area contributed by atoms with Crippen LogP contribution in [0.2, 0.25) is 0 Å². The second-order valence-corrected chi connectivity index (χ2v) is 11.9. The summed E-state index contributed by atoms with van der Waals surface area (Å²) in [5.41, 5.74) is 2.99.